The molecular weight excluding hydrogens is 262 g/mol. The molecule has 5 nitrogen and oxygen atoms in total. The van der Waals surface area contributed by atoms with Gasteiger partial charge in [0.15, 0.2) is 0 Å². The summed E-state index contributed by atoms with van der Waals surface area (Å²) in [6.45, 7) is 4.90. The molecule has 0 bridgehead atoms. The summed E-state index contributed by atoms with van der Waals surface area (Å²) in [7, 11) is 1.92. The summed E-state index contributed by atoms with van der Waals surface area (Å²) >= 11 is 0. The van der Waals surface area contributed by atoms with Crippen molar-refractivity contribution in [2.75, 3.05) is 7.05 Å². The molecule has 2 heterocycles. The van der Waals surface area contributed by atoms with Crippen LogP contribution >= 0.6 is 0 Å². The quantitative estimate of drug-likeness (QED) is 0.799. The van der Waals surface area contributed by atoms with E-state index >= 15 is 0 Å². The van der Waals surface area contributed by atoms with Gasteiger partial charge in [-0.05, 0) is 19.2 Å². The van der Waals surface area contributed by atoms with E-state index in [0.717, 1.165) is 28.2 Å². The monoisotopic (exact) mass is 281 g/mol. The minimum atomic E-state index is 0.314. The zero-order valence-electron chi connectivity index (χ0n) is 12.5. The van der Waals surface area contributed by atoms with E-state index in [1.165, 1.54) is 0 Å². The highest BCUT2D eigenvalue weighted by Gasteiger charge is 2.12. The zero-order valence-corrected chi connectivity index (χ0v) is 12.5. The van der Waals surface area contributed by atoms with Gasteiger partial charge in [-0.1, -0.05) is 26.0 Å². The van der Waals surface area contributed by atoms with Crippen LogP contribution in [0.5, 0.6) is 0 Å². The van der Waals surface area contributed by atoms with Crippen LogP contribution in [0.25, 0.3) is 16.7 Å². The Morgan fingerprint density at radius 1 is 1.19 bits per heavy atom. The number of benzene rings is 1. The van der Waals surface area contributed by atoms with Crippen molar-refractivity contribution in [2.24, 2.45) is 0 Å². The first kappa shape index (κ1) is 13.7. The first-order valence-corrected chi connectivity index (χ1v) is 7.13. The lowest BCUT2D eigenvalue weighted by molar-refractivity contribution is 0.719. The molecule has 3 aromatic rings. The normalized spacial score (nSPS) is 11.4. The van der Waals surface area contributed by atoms with Crippen LogP contribution in [-0.4, -0.2) is 26.6 Å². The number of nitrogens with zero attached hydrogens (tertiary/aromatic N) is 4. The largest absolute Gasteiger partial charge is 0.314 e. The van der Waals surface area contributed by atoms with Crippen molar-refractivity contribution in [3.05, 3.63) is 48.3 Å². The maximum Gasteiger partial charge on any atom is 0.131 e. The fraction of sp³-hybridized carbons (Fsp3) is 0.312. The SMILES string of the molecule is CNCc1nc(C(C)C)ncc1-n1cnc2ccccc21. The second kappa shape index (κ2) is 5.61. The van der Waals surface area contributed by atoms with Crippen LogP contribution in [0, 0.1) is 0 Å². The van der Waals surface area contributed by atoms with Gasteiger partial charge in [0, 0.05) is 12.5 Å². The summed E-state index contributed by atoms with van der Waals surface area (Å²) in [5.74, 6) is 1.18. The number of imidazole rings is 1. The van der Waals surface area contributed by atoms with E-state index in [9.17, 15) is 0 Å². The Hall–Kier alpha value is -2.27. The molecule has 0 amide bonds. The van der Waals surface area contributed by atoms with Gasteiger partial charge in [-0.2, -0.15) is 0 Å². The Balaban J connectivity index is 2.17. The molecule has 0 aliphatic heterocycles. The summed E-state index contributed by atoms with van der Waals surface area (Å²) in [6.07, 6.45) is 3.72. The molecule has 0 unspecified atom stereocenters. The van der Waals surface area contributed by atoms with Crippen LogP contribution in [0.4, 0.5) is 0 Å². The van der Waals surface area contributed by atoms with E-state index in [1.807, 2.05) is 42.3 Å². The smallest absolute Gasteiger partial charge is 0.131 e. The molecule has 0 radical (unpaired) electrons. The third-order valence-electron chi connectivity index (χ3n) is 3.44. The molecule has 1 N–H and O–H groups in total. The third kappa shape index (κ3) is 2.52. The van der Waals surface area contributed by atoms with Crippen LogP contribution in [-0.2, 0) is 6.54 Å². The molecule has 1 aromatic carbocycles. The number of rotatable bonds is 4. The summed E-state index contributed by atoms with van der Waals surface area (Å²) in [6, 6.07) is 8.07. The van der Waals surface area contributed by atoms with Crippen molar-refractivity contribution < 1.29 is 0 Å². The van der Waals surface area contributed by atoms with Crippen LogP contribution in [0.1, 0.15) is 31.3 Å². The van der Waals surface area contributed by atoms with Gasteiger partial charge in [0.05, 0.1) is 28.6 Å². The van der Waals surface area contributed by atoms with Crippen molar-refractivity contribution in [3.63, 3.8) is 0 Å². The van der Waals surface area contributed by atoms with E-state index in [1.54, 1.807) is 0 Å². The number of hydrogen-bond acceptors (Lipinski definition) is 4. The molecule has 0 saturated heterocycles. The first-order chi connectivity index (χ1) is 10.2. The van der Waals surface area contributed by atoms with Gasteiger partial charge >= 0.3 is 0 Å². The summed E-state index contributed by atoms with van der Waals surface area (Å²) < 4.78 is 2.05. The molecule has 0 aliphatic carbocycles. The second-order valence-corrected chi connectivity index (χ2v) is 5.35. The van der Waals surface area contributed by atoms with Crippen LogP contribution in [0.15, 0.2) is 36.8 Å². The van der Waals surface area contributed by atoms with E-state index in [2.05, 4.69) is 35.2 Å². The first-order valence-electron chi connectivity index (χ1n) is 7.13. The summed E-state index contributed by atoms with van der Waals surface area (Å²) in [4.78, 5) is 13.6. The molecule has 0 fully saturated rings. The Bertz CT molecular complexity index is 760. The molecule has 0 atom stereocenters. The maximum absolute atomic E-state index is 4.70. The molecule has 0 aliphatic rings. The molecule has 0 saturated carbocycles. The molecular formula is C16H19N5. The number of para-hydroxylation sites is 2. The van der Waals surface area contributed by atoms with Crippen LogP contribution < -0.4 is 5.32 Å². The molecule has 0 spiro atoms. The predicted octanol–water partition coefficient (Wildman–Crippen LogP) is 2.66. The summed E-state index contributed by atoms with van der Waals surface area (Å²) in [5.41, 5.74) is 4.00. The Morgan fingerprint density at radius 3 is 2.76 bits per heavy atom. The van der Waals surface area contributed by atoms with Gasteiger partial charge in [0.25, 0.3) is 0 Å². The average Bonchev–Trinajstić information content (AvgIpc) is 2.91. The van der Waals surface area contributed by atoms with Crippen molar-refractivity contribution >= 4 is 11.0 Å². The highest BCUT2D eigenvalue weighted by Crippen LogP contribution is 2.21. The van der Waals surface area contributed by atoms with Crippen molar-refractivity contribution in [1.82, 2.24) is 24.8 Å². The Morgan fingerprint density at radius 2 is 2.00 bits per heavy atom. The fourth-order valence-electron chi connectivity index (χ4n) is 2.35. The number of hydrogen-bond donors (Lipinski definition) is 1. The third-order valence-corrected chi connectivity index (χ3v) is 3.44. The van der Waals surface area contributed by atoms with Gasteiger partial charge in [-0.25, -0.2) is 15.0 Å². The van der Waals surface area contributed by atoms with Gasteiger partial charge < -0.3 is 5.32 Å². The molecule has 108 valence electrons. The zero-order chi connectivity index (χ0) is 14.8. The van der Waals surface area contributed by atoms with Crippen molar-refractivity contribution in [1.29, 1.82) is 0 Å². The van der Waals surface area contributed by atoms with Crippen molar-refractivity contribution in [3.8, 4) is 5.69 Å². The van der Waals surface area contributed by atoms with Crippen molar-refractivity contribution in [2.45, 2.75) is 26.3 Å². The average molecular weight is 281 g/mol. The molecule has 5 heteroatoms. The Labute approximate surface area is 124 Å². The Kier molecular flexibility index (Phi) is 3.66. The van der Waals surface area contributed by atoms with E-state index in [4.69, 9.17) is 4.98 Å². The lowest BCUT2D eigenvalue weighted by Crippen LogP contribution is -2.13. The van der Waals surface area contributed by atoms with Crippen LogP contribution in [0.2, 0.25) is 0 Å². The fourth-order valence-corrected chi connectivity index (χ4v) is 2.35. The highest BCUT2D eigenvalue weighted by atomic mass is 15.1. The van der Waals surface area contributed by atoms with E-state index in [-0.39, 0.29) is 0 Å². The number of aromatic nitrogens is 4. The second-order valence-electron chi connectivity index (χ2n) is 5.35. The van der Waals surface area contributed by atoms with Gasteiger partial charge in [0.2, 0.25) is 0 Å². The highest BCUT2D eigenvalue weighted by molar-refractivity contribution is 5.77. The molecule has 2 aromatic heterocycles. The predicted molar refractivity (Wildman–Crippen MR) is 83.5 cm³/mol. The van der Waals surface area contributed by atoms with Gasteiger partial charge in [-0.3, -0.25) is 4.57 Å². The van der Waals surface area contributed by atoms with Crippen LogP contribution in [0.3, 0.4) is 0 Å². The lowest BCUT2D eigenvalue weighted by atomic mass is 10.2. The number of nitrogens with one attached hydrogen (secondary N) is 1. The molecule has 3 rings (SSSR count). The van der Waals surface area contributed by atoms with Gasteiger partial charge in [0.1, 0.15) is 12.2 Å². The maximum atomic E-state index is 4.70. The standard InChI is InChI=1S/C16H19N5/c1-11(2)16-18-9-15(13(20-16)8-17-3)21-10-19-12-6-4-5-7-14(12)21/h4-7,9-11,17H,8H2,1-3H3. The van der Waals surface area contributed by atoms with E-state index < -0.39 is 0 Å². The van der Waals surface area contributed by atoms with Gasteiger partial charge in [-0.15, -0.1) is 0 Å². The molecule has 21 heavy (non-hydrogen) atoms. The topological polar surface area (TPSA) is 55.6 Å². The lowest BCUT2D eigenvalue weighted by Gasteiger charge is -2.12. The number of fused-ring (bicyclic) bond motifs is 1. The van der Waals surface area contributed by atoms with E-state index in [0.29, 0.717) is 12.5 Å². The minimum absolute atomic E-state index is 0.314. The minimum Gasteiger partial charge on any atom is -0.314 e. The summed E-state index contributed by atoms with van der Waals surface area (Å²) in [5, 5.41) is 3.18.